The van der Waals surface area contributed by atoms with E-state index in [0.717, 1.165) is 12.1 Å². The molecule has 2 aromatic heterocycles. The first-order valence-corrected chi connectivity index (χ1v) is 8.37. The summed E-state index contributed by atoms with van der Waals surface area (Å²) in [7, 11) is 0. The number of nitrogens with zero attached hydrogens (tertiary/aromatic N) is 4. The summed E-state index contributed by atoms with van der Waals surface area (Å²) in [5.74, 6) is 0. The van der Waals surface area contributed by atoms with Crippen molar-refractivity contribution >= 4 is 23.2 Å². The van der Waals surface area contributed by atoms with Crippen LogP contribution in [0.4, 0.5) is 32.0 Å². The van der Waals surface area contributed by atoms with Gasteiger partial charge in [0.2, 0.25) is 0 Å². The number of halogens is 6. The summed E-state index contributed by atoms with van der Waals surface area (Å²) in [6.45, 7) is 0.0918. The molecule has 0 aliphatic carbocycles. The molecule has 0 radical (unpaired) electrons. The number of hydrogen-bond acceptors (Lipinski definition) is 3. The standard InChI is InChI=1S/C19H12F6N4/c20-18(21,22)12-4-6-13(7-5-12)28-10-8-26-11-14(28)16-17(19(23,24)25)27-15-3-1-2-9-29(15)16/h1-9,11H,10H2. The topological polar surface area (TPSA) is 32.9 Å². The van der Waals surface area contributed by atoms with E-state index in [1.54, 1.807) is 12.1 Å². The molecule has 0 unspecified atom stereocenters. The maximum Gasteiger partial charge on any atom is 0.435 e. The third-order valence-corrected chi connectivity index (χ3v) is 4.40. The largest absolute Gasteiger partial charge is 0.435 e. The van der Waals surface area contributed by atoms with E-state index in [1.807, 2.05) is 0 Å². The van der Waals surface area contributed by atoms with Crippen molar-refractivity contribution in [1.29, 1.82) is 0 Å². The molecule has 0 saturated heterocycles. The van der Waals surface area contributed by atoms with E-state index in [0.29, 0.717) is 5.69 Å². The van der Waals surface area contributed by atoms with Gasteiger partial charge >= 0.3 is 12.4 Å². The van der Waals surface area contributed by atoms with E-state index in [9.17, 15) is 26.3 Å². The van der Waals surface area contributed by atoms with Crippen LogP contribution in [0.2, 0.25) is 0 Å². The first kappa shape index (κ1) is 19.0. The van der Waals surface area contributed by atoms with Gasteiger partial charge < -0.3 is 4.90 Å². The predicted molar refractivity (Wildman–Crippen MR) is 95.5 cm³/mol. The third kappa shape index (κ3) is 3.45. The molecule has 0 fully saturated rings. The van der Waals surface area contributed by atoms with Crippen molar-refractivity contribution in [2.24, 2.45) is 4.99 Å². The zero-order valence-corrected chi connectivity index (χ0v) is 14.5. The molecule has 1 aromatic carbocycles. The first-order chi connectivity index (χ1) is 13.7. The van der Waals surface area contributed by atoms with E-state index in [-0.39, 0.29) is 23.6 Å². The van der Waals surface area contributed by atoms with Crippen LogP contribution in [0.25, 0.3) is 11.3 Å². The van der Waals surface area contributed by atoms with E-state index >= 15 is 0 Å². The first-order valence-electron chi connectivity index (χ1n) is 8.37. The molecule has 0 amide bonds. The molecule has 1 aliphatic heterocycles. The lowest BCUT2D eigenvalue weighted by Gasteiger charge is -2.28. The number of rotatable bonds is 2. The smallest absolute Gasteiger partial charge is 0.333 e. The van der Waals surface area contributed by atoms with Crippen molar-refractivity contribution in [2.75, 3.05) is 11.4 Å². The summed E-state index contributed by atoms with van der Waals surface area (Å²) in [4.78, 5) is 9.12. The second-order valence-electron chi connectivity index (χ2n) is 6.24. The zero-order chi connectivity index (χ0) is 20.8. The molecule has 0 N–H and O–H groups in total. The Kier molecular flexibility index (Phi) is 4.36. The Labute approximate surface area is 160 Å². The summed E-state index contributed by atoms with van der Waals surface area (Å²) in [6, 6.07) is 8.77. The number of fused-ring (bicyclic) bond motifs is 1. The van der Waals surface area contributed by atoms with Crippen LogP contribution in [0.1, 0.15) is 17.0 Å². The quantitative estimate of drug-likeness (QED) is 0.540. The van der Waals surface area contributed by atoms with Crippen molar-refractivity contribution < 1.29 is 26.3 Å². The number of imidazole rings is 1. The summed E-state index contributed by atoms with van der Waals surface area (Å²) in [5.41, 5.74) is -1.69. The molecule has 3 heterocycles. The number of aliphatic imine (C=N–C) groups is 1. The van der Waals surface area contributed by atoms with Crippen LogP contribution in [0.5, 0.6) is 0 Å². The van der Waals surface area contributed by atoms with Crippen molar-refractivity contribution in [2.45, 2.75) is 12.4 Å². The minimum atomic E-state index is -4.73. The number of aromatic nitrogens is 2. The second kappa shape index (κ2) is 6.64. The Hall–Kier alpha value is -3.30. The van der Waals surface area contributed by atoms with Gasteiger partial charge in [-0.3, -0.25) is 9.39 Å². The van der Waals surface area contributed by atoms with Crippen LogP contribution in [-0.4, -0.2) is 22.1 Å². The van der Waals surface area contributed by atoms with Gasteiger partial charge in [0.15, 0.2) is 5.69 Å². The number of anilines is 1. The Morgan fingerprint density at radius 3 is 2.24 bits per heavy atom. The fourth-order valence-corrected chi connectivity index (χ4v) is 3.12. The lowest BCUT2D eigenvalue weighted by atomic mass is 10.1. The molecule has 3 aromatic rings. The maximum absolute atomic E-state index is 13.7. The van der Waals surface area contributed by atoms with E-state index < -0.39 is 23.6 Å². The molecule has 29 heavy (non-hydrogen) atoms. The monoisotopic (exact) mass is 410 g/mol. The fourth-order valence-electron chi connectivity index (χ4n) is 3.12. The molecule has 150 valence electrons. The molecule has 0 saturated carbocycles. The van der Waals surface area contributed by atoms with Gasteiger partial charge in [-0.05, 0) is 36.4 Å². The normalized spacial score (nSPS) is 15.1. The van der Waals surface area contributed by atoms with Crippen molar-refractivity contribution in [1.82, 2.24) is 9.38 Å². The van der Waals surface area contributed by atoms with E-state index in [1.165, 1.54) is 46.1 Å². The molecule has 0 bridgehead atoms. The molecular formula is C19H12F6N4. The van der Waals surface area contributed by atoms with Crippen LogP contribution < -0.4 is 4.90 Å². The number of alkyl halides is 6. The Bertz CT molecular complexity index is 1110. The molecule has 0 atom stereocenters. The van der Waals surface area contributed by atoms with Crippen molar-refractivity contribution in [3.8, 4) is 0 Å². The Morgan fingerprint density at radius 2 is 1.59 bits per heavy atom. The highest BCUT2D eigenvalue weighted by Gasteiger charge is 2.40. The Balaban J connectivity index is 1.86. The van der Waals surface area contributed by atoms with Gasteiger partial charge in [0.25, 0.3) is 0 Å². The van der Waals surface area contributed by atoms with Crippen LogP contribution in [0.3, 0.4) is 0 Å². The van der Waals surface area contributed by atoms with E-state index in [4.69, 9.17) is 0 Å². The SMILES string of the molecule is FC(F)(F)c1ccc(N2CC=NC=C2c2c(C(F)(F)F)nc3ccccn23)cc1. The fraction of sp³-hybridized carbons (Fsp3) is 0.158. The van der Waals surface area contributed by atoms with Gasteiger partial charge in [0.05, 0.1) is 24.0 Å². The molecule has 10 heteroatoms. The molecule has 1 aliphatic rings. The summed E-state index contributed by atoms with van der Waals surface area (Å²) in [6.07, 6.45) is -5.09. The molecule has 4 rings (SSSR count). The highest BCUT2D eigenvalue weighted by molar-refractivity contribution is 5.87. The average molecular weight is 410 g/mol. The highest BCUT2D eigenvalue weighted by atomic mass is 19.4. The van der Waals surface area contributed by atoms with Crippen LogP contribution >= 0.6 is 0 Å². The highest BCUT2D eigenvalue weighted by Crippen LogP contribution is 2.38. The Morgan fingerprint density at radius 1 is 0.862 bits per heavy atom. The van der Waals surface area contributed by atoms with Gasteiger partial charge in [0.1, 0.15) is 11.3 Å². The van der Waals surface area contributed by atoms with Crippen LogP contribution in [0.15, 0.2) is 59.9 Å². The van der Waals surface area contributed by atoms with Crippen LogP contribution in [0, 0.1) is 0 Å². The van der Waals surface area contributed by atoms with Crippen molar-refractivity contribution in [3.05, 3.63) is 71.8 Å². The minimum Gasteiger partial charge on any atom is -0.333 e. The molecule has 0 spiro atoms. The average Bonchev–Trinajstić information content (AvgIpc) is 3.07. The maximum atomic E-state index is 13.7. The number of pyridine rings is 1. The van der Waals surface area contributed by atoms with Gasteiger partial charge in [-0.2, -0.15) is 26.3 Å². The number of hydrogen-bond donors (Lipinski definition) is 0. The van der Waals surface area contributed by atoms with Gasteiger partial charge in [0, 0.05) is 18.1 Å². The summed E-state index contributed by atoms with van der Waals surface area (Å²) < 4.78 is 80.8. The third-order valence-electron chi connectivity index (χ3n) is 4.40. The summed E-state index contributed by atoms with van der Waals surface area (Å²) in [5, 5.41) is 0. The van der Waals surface area contributed by atoms with E-state index in [2.05, 4.69) is 9.98 Å². The van der Waals surface area contributed by atoms with Gasteiger partial charge in [-0.15, -0.1) is 0 Å². The lowest BCUT2D eigenvalue weighted by Crippen LogP contribution is -2.28. The minimum absolute atomic E-state index is 0.0817. The van der Waals surface area contributed by atoms with Gasteiger partial charge in [-0.25, -0.2) is 4.98 Å². The van der Waals surface area contributed by atoms with Crippen molar-refractivity contribution in [3.63, 3.8) is 0 Å². The molecule has 4 nitrogen and oxygen atoms in total. The number of benzene rings is 1. The van der Waals surface area contributed by atoms with Gasteiger partial charge in [-0.1, -0.05) is 6.07 Å². The predicted octanol–water partition coefficient (Wildman–Crippen LogP) is 5.26. The molecular weight excluding hydrogens is 398 g/mol. The summed E-state index contributed by atoms with van der Waals surface area (Å²) >= 11 is 0. The second-order valence-corrected chi connectivity index (χ2v) is 6.24. The zero-order valence-electron chi connectivity index (χ0n) is 14.5. The van der Waals surface area contributed by atoms with Crippen LogP contribution in [-0.2, 0) is 12.4 Å². The lowest BCUT2D eigenvalue weighted by molar-refractivity contribution is -0.141.